The second-order valence-corrected chi connectivity index (χ2v) is 5.33. The molecule has 122 valence electrons. The molecule has 0 unspecified atom stereocenters. The number of hydrogen-bond donors (Lipinski definition) is 3. The van der Waals surface area contributed by atoms with Gasteiger partial charge in [-0.2, -0.15) is 4.98 Å². The topological polar surface area (TPSA) is 96.6 Å². The number of nitrogens with zero attached hydrogens (tertiary/aromatic N) is 2. The molecule has 0 saturated carbocycles. The van der Waals surface area contributed by atoms with Crippen LogP contribution >= 0.6 is 0 Å². The molecule has 8 heteroatoms. The molecular formula is C15H16FN3O4. The number of aliphatic hydroxyl groups is 2. The van der Waals surface area contributed by atoms with Crippen molar-refractivity contribution in [2.75, 3.05) is 5.32 Å². The van der Waals surface area contributed by atoms with Gasteiger partial charge in [-0.1, -0.05) is 18.2 Å². The van der Waals surface area contributed by atoms with Gasteiger partial charge in [-0.25, -0.2) is 9.18 Å². The summed E-state index contributed by atoms with van der Waals surface area (Å²) in [6.07, 6.45) is -3.44. The second kappa shape index (κ2) is 6.07. The van der Waals surface area contributed by atoms with Gasteiger partial charge in [0.1, 0.15) is 12.2 Å². The Morgan fingerprint density at radius 1 is 1.26 bits per heavy atom. The first kappa shape index (κ1) is 15.6. The highest BCUT2D eigenvalue weighted by Crippen LogP contribution is 2.28. The highest BCUT2D eigenvalue weighted by Gasteiger charge is 2.42. The minimum absolute atomic E-state index is 0.224. The molecule has 2 aromatic rings. The molecule has 7 nitrogen and oxygen atoms in total. The number of rotatable bonds is 3. The predicted octanol–water partition coefficient (Wildman–Crippen LogP) is 0.765. The van der Waals surface area contributed by atoms with Gasteiger partial charge in [0.05, 0.1) is 12.3 Å². The molecule has 1 aliphatic rings. The van der Waals surface area contributed by atoms with E-state index in [-0.39, 0.29) is 5.82 Å². The monoisotopic (exact) mass is 321 g/mol. The number of para-hydroxylation sites is 1. The van der Waals surface area contributed by atoms with Crippen molar-refractivity contribution < 1.29 is 19.3 Å². The third-order valence-electron chi connectivity index (χ3n) is 3.69. The van der Waals surface area contributed by atoms with Crippen molar-refractivity contribution in [3.05, 3.63) is 52.8 Å². The first-order valence-corrected chi connectivity index (χ1v) is 7.09. The largest absolute Gasteiger partial charge is 0.388 e. The van der Waals surface area contributed by atoms with Gasteiger partial charge in [0.25, 0.3) is 0 Å². The summed E-state index contributed by atoms with van der Waals surface area (Å²) in [5.41, 5.74) is -0.215. The molecular weight excluding hydrogens is 305 g/mol. The molecule has 0 spiro atoms. The van der Waals surface area contributed by atoms with Crippen LogP contribution in [0.15, 0.2) is 41.3 Å². The quantitative estimate of drug-likeness (QED) is 0.772. The van der Waals surface area contributed by atoms with Crippen molar-refractivity contribution in [3.63, 3.8) is 0 Å². The van der Waals surface area contributed by atoms with E-state index < -0.39 is 36.0 Å². The van der Waals surface area contributed by atoms with Crippen molar-refractivity contribution >= 4 is 11.5 Å². The van der Waals surface area contributed by atoms with Crippen LogP contribution in [0.3, 0.4) is 0 Å². The van der Waals surface area contributed by atoms with E-state index >= 15 is 0 Å². The van der Waals surface area contributed by atoms with Gasteiger partial charge < -0.3 is 20.3 Å². The normalized spacial score (nSPS) is 27.1. The lowest BCUT2D eigenvalue weighted by atomic mass is 10.1. The maximum atomic E-state index is 14.2. The van der Waals surface area contributed by atoms with Crippen molar-refractivity contribution in [2.24, 2.45) is 0 Å². The van der Waals surface area contributed by atoms with Crippen LogP contribution in [0.5, 0.6) is 0 Å². The van der Waals surface area contributed by atoms with E-state index in [9.17, 15) is 19.4 Å². The Kier molecular flexibility index (Phi) is 4.12. The maximum Gasteiger partial charge on any atom is 0.351 e. The van der Waals surface area contributed by atoms with E-state index in [1.54, 1.807) is 37.3 Å². The van der Waals surface area contributed by atoms with E-state index in [4.69, 9.17) is 4.74 Å². The first-order chi connectivity index (χ1) is 11.0. The Morgan fingerprint density at radius 2 is 1.96 bits per heavy atom. The number of aromatic nitrogens is 2. The molecule has 3 rings (SSSR count). The van der Waals surface area contributed by atoms with Crippen molar-refractivity contribution in [1.82, 2.24) is 9.55 Å². The third-order valence-corrected chi connectivity index (χ3v) is 3.69. The average Bonchev–Trinajstić information content (AvgIpc) is 2.79. The summed E-state index contributed by atoms with van der Waals surface area (Å²) in [7, 11) is 0. The lowest BCUT2D eigenvalue weighted by Gasteiger charge is -2.18. The number of anilines is 2. The van der Waals surface area contributed by atoms with E-state index in [1.165, 1.54) is 0 Å². The second-order valence-electron chi connectivity index (χ2n) is 5.33. The summed E-state index contributed by atoms with van der Waals surface area (Å²) in [6, 6.07) is 8.72. The van der Waals surface area contributed by atoms with Crippen LogP contribution in [-0.4, -0.2) is 38.1 Å². The predicted molar refractivity (Wildman–Crippen MR) is 79.8 cm³/mol. The van der Waals surface area contributed by atoms with Crippen LogP contribution in [0, 0.1) is 5.82 Å². The van der Waals surface area contributed by atoms with Gasteiger partial charge in [-0.15, -0.1) is 0 Å². The number of aliphatic hydroxyl groups excluding tert-OH is 2. The maximum absolute atomic E-state index is 14.2. The molecule has 0 bridgehead atoms. The van der Waals surface area contributed by atoms with Gasteiger partial charge >= 0.3 is 5.69 Å². The number of benzene rings is 1. The fourth-order valence-electron chi connectivity index (χ4n) is 2.43. The minimum Gasteiger partial charge on any atom is -0.388 e. The van der Waals surface area contributed by atoms with Gasteiger partial charge in [0.2, 0.25) is 0 Å². The average molecular weight is 321 g/mol. The molecule has 1 aliphatic heterocycles. The summed E-state index contributed by atoms with van der Waals surface area (Å²) in [5.74, 6) is -1.00. The number of halogens is 1. The lowest BCUT2D eigenvalue weighted by Crippen LogP contribution is -2.35. The van der Waals surface area contributed by atoms with E-state index in [0.717, 1.165) is 10.8 Å². The highest BCUT2D eigenvalue weighted by atomic mass is 19.1. The van der Waals surface area contributed by atoms with Crippen LogP contribution in [0.4, 0.5) is 15.9 Å². The summed E-state index contributed by atoms with van der Waals surface area (Å²) >= 11 is 0. The molecule has 1 aromatic heterocycles. The lowest BCUT2D eigenvalue weighted by molar-refractivity contribution is -0.0355. The van der Waals surface area contributed by atoms with Crippen molar-refractivity contribution in [3.8, 4) is 0 Å². The van der Waals surface area contributed by atoms with E-state index in [1.807, 2.05) is 0 Å². The molecule has 0 radical (unpaired) electrons. The molecule has 0 aliphatic carbocycles. The summed E-state index contributed by atoms with van der Waals surface area (Å²) in [6.45, 7) is 1.55. The SMILES string of the molecule is C[C@H]1O[C@@H](n2cc(F)c(Nc3ccccc3)nc2=O)[C@H](O)[C@@H]1O. The van der Waals surface area contributed by atoms with Crippen LogP contribution in [-0.2, 0) is 4.74 Å². The number of hydrogen-bond acceptors (Lipinski definition) is 6. The zero-order valence-electron chi connectivity index (χ0n) is 12.3. The fourth-order valence-corrected chi connectivity index (χ4v) is 2.43. The molecule has 3 N–H and O–H groups in total. The zero-order chi connectivity index (χ0) is 16.6. The molecule has 23 heavy (non-hydrogen) atoms. The Hall–Kier alpha value is -2.29. The molecule has 1 aromatic carbocycles. The smallest absolute Gasteiger partial charge is 0.351 e. The van der Waals surface area contributed by atoms with Gasteiger partial charge in [-0.3, -0.25) is 4.57 Å². The standard InChI is InChI=1S/C15H16FN3O4/c1-8-11(20)12(21)14(23-8)19-7-10(16)13(18-15(19)22)17-9-5-3-2-4-6-9/h2-8,11-12,14,20-21H,1H3,(H,17,18,22)/t8-,11-,12-,14-/m1/s1. The first-order valence-electron chi connectivity index (χ1n) is 7.09. The summed E-state index contributed by atoms with van der Waals surface area (Å²) < 4.78 is 20.3. The molecule has 2 heterocycles. The highest BCUT2D eigenvalue weighted by molar-refractivity contribution is 5.55. The zero-order valence-corrected chi connectivity index (χ0v) is 12.3. The Morgan fingerprint density at radius 3 is 2.57 bits per heavy atom. The molecule has 4 atom stereocenters. The summed E-state index contributed by atoms with van der Waals surface area (Å²) in [4.78, 5) is 15.7. The van der Waals surface area contributed by atoms with Crippen LogP contribution in [0.25, 0.3) is 0 Å². The Balaban J connectivity index is 1.91. The van der Waals surface area contributed by atoms with Gasteiger partial charge in [0, 0.05) is 5.69 Å². The summed E-state index contributed by atoms with van der Waals surface area (Å²) in [5, 5.41) is 22.3. The van der Waals surface area contributed by atoms with E-state index in [2.05, 4.69) is 10.3 Å². The Bertz CT molecular complexity index is 752. The molecule has 1 fully saturated rings. The Labute approximate surface area is 131 Å². The van der Waals surface area contributed by atoms with E-state index in [0.29, 0.717) is 5.69 Å². The van der Waals surface area contributed by atoms with Crippen LogP contribution < -0.4 is 11.0 Å². The van der Waals surface area contributed by atoms with Gasteiger partial charge in [0.15, 0.2) is 17.9 Å². The molecule has 0 amide bonds. The third kappa shape index (κ3) is 2.96. The van der Waals surface area contributed by atoms with Crippen molar-refractivity contribution in [1.29, 1.82) is 0 Å². The number of nitrogens with one attached hydrogen (secondary N) is 1. The number of ether oxygens (including phenoxy) is 1. The fraction of sp³-hybridized carbons (Fsp3) is 0.333. The van der Waals surface area contributed by atoms with Gasteiger partial charge in [-0.05, 0) is 19.1 Å². The van der Waals surface area contributed by atoms with Crippen LogP contribution in [0.2, 0.25) is 0 Å². The van der Waals surface area contributed by atoms with Crippen molar-refractivity contribution in [2.45, 2.75) is 31.5 Å². The van der Waals surface area contributed by atoms with Crippen LogP contribution in [0.1, 0.15) is 13.2 Å². The molecule has 1 saturated heterocycles. The minimum atomic E-state index is -1.34.